The highest BCUT2D eigenvalue weighted by Gasteiger charge is 2.24. The van der Waals surface area contributed by atoms with Crippen molar-refractivity contribution in [3.8, 4) is 0 Å². The molecule has 0 fully saturated rings. The number of nitrogens with two attached hydrogens (primary N) is 1. The van der Waals surface area contributed by atoms with Crippen LogP contribution in [-0.4, -0.2) is 28.9 Å². The Morgan fingerprint density at radius 3 is 2.10 bits per heavy atom. The molecule has 0 aromatic heterocycles. The number of carboxylic acid groups (broad SMARTS) is 1. The molecule has 0 bridgehead atoms. The summed E-state index contributed by atoms with van der Waals surface area (Å²) < 4.78 is 0. The Labute approximate surface area is 117 Å². The first-order valence-corrected chi connectivity index (χ1v) is 6.12. The molecule has 1 unspecified atom stereocenters. The summed E-state index contributed by atoms with van der Waals surface area (Å²) in [5.74, 6) is -2.59. The number of benzene rings is 1. The van der Waals surface area contributed by atoms with Crippen molar-refractivity contribution in [3.05, 3.63) is 34.4 Å². The molecule has 0 spiro atoms. The Hall–Kier alpha value is -2.37. The average molecular weight is 278 g/mol. The molecule has 6 heteroatoms. The van der Waals surface area contributed by atoms with Crippen LogP contribution in [0.2, 0.25) is 0 Å². The van der Waals surface area contributed by atoms with E-state index in [9.17, 15) is 14.4 Å². The van der Waals surface area contributed by atoms with Crippen LogP contribution in [0.5, 0.6) is 0 Å². The average Bonchev–Trinajstić information content (AvgIpc) is 2.25. The Morgan fingerprint density at radius 2 is 1.70 bits per heavy atom. The van der Waals surface area contributed by atoms with Crippen LogP contribution >= 0.6 is 0 Å². The lowest BCUT2D eigenvalue weighted by Crippen LogP contribution is -2.43. The summed E-state index contributed by atoms with van der Waals surface area (Å²) >= 11 is 0. The first-order valence-electron chi connectivity index (χ1n) is 6.12. The standard InChI is InChI=1S/C14H18N2O4/c1-7-4-8(2)12(9(3)5-7)13(18)16-10(14(19)20)6-11(15)17/h4-5,10H,6H2,1-3H3,(H2,15,17)(H,16,18)(H,19,20). The fraction of sp³-hybridized carbons (Fsp3) is 0.357. The number of hydrogen-bond donors (Lipinski definition) is 3. The first kappa shape index (κ1) is 15.7. The number of nitrogens with one attached hydrogen (secondary N) is 1. The minimum atomic E-state index is -1.32. The molecular formula is C14H18N2O4. The second-order valence-corrected chi connectivity index (χ2v) is 4.81. The Balaban J connectivity index is 3.01. The summed E-state index contributed by atoms with van der Waals surface area (Å²) in [6.07, 6.45) is -0.439. The molecule has 0 aliphatic rings. The quantitative estimate of drug-likeness (QED) is 0.735. The van der Waals surface area contributed by atoms with Gasteiger partial charge in [0.15, 0.2) is 0 Å². The number of aryl methyl sites for hydroxylation is 3. The summed E-state index contributed by atoms with van der Waals surface area (Å²) in [4.78, 5) is 34.0. The molecule has 0 saturated carbocycles. The van der Waals surface area contributed by atoms with E-state index in [0.29, 0.717) is 5.56 Å². The summed E-state index contributed by atoms with van der Waals surface area (Å²) in [6, 6.07) is 2.36. The second kappa shape index (κ2) is 6.18. The highest BCUT2D eigenvalue weighted by Crippen LogP contribution is 2.16. The number of carbonyl (C=O) groups is 3. The number of carboxylic acids is 1. The van der Waals surface area contributed by atoms with Gasteiger partial charge in [-0.25, -0.2) is 4.79 Å². The minimum Gasteiger partial charge on any atom is -0.480 e. The zero-order chi connectivity index (χ0) is 15.4. The van der Waals surface area contributed by atoms with E-state index in [4.69, 9.17) is 10.8 Å². The van der Waals surface area contributed by atoms with E-state index in [1.165, 1.54) is 0 Å². The van der Waals surface area contributed by atoms with Crippen LogP contribution in [0.15, 0.2) is 12.1 Å². The smallest absolute Gasteiger partial charge is 0.326 e. The summed E-state index contributed by atoms with van der Waals surface area (Å²) in [7, 11) is 0. The van der Waals surface area contributed by atoms with Crippen LogP contribution in [-0.2, 0) is 9.59 Å². The predicted molar refractivity (Wildman–Crippen MR) is 73.4 cm³/mol. The maximum atomic E-state index is 12.2. The zero-order valence-corrected chi connectivity index (χ0v) is 11.7. The third-order valence-corrected chi connectivity index (χ3v) is 2.91. The topological polar surface area (TPSA) is 109 Å². The zero-order valence-electron chi connectivity index (χ0n) is 11.7. The molecule has 6 nitrogen and oxygen atoms in total. The third-order valence-electron chi connectivity index (χ3n) is 2.91. The summed E-state index contributed by atoms with van der Waals surface area (Å²) in [5.41, 5.74) is 7.92. The minimum absolute atomic E-state index is 0.423. The third kappa shape index (κ3) is 3.81. The van der Waals surface area contributed by atoms with Gasteiger partial charge in [0.05, 0.1) is 6.42 Å². The van der Waals surface area contributed by atoms with Crippen molar-refractivity contribution >= 4 is 17.8 Å². The first-order chi connectivity index (χ1) is 9.22. The molecule has 1 rings (SSSR count). The fourth-order valence-electron chi connectivity index (χ4n) is 2.17. The molecule has 0 radical (unpaired) electrons. The highest BCUT2D eigenvalue weighted by molar-refractivity contribution is 5.99. The number of amides is 2. The molecule has 20 heavy (non-hydrogen) atoms. The largest absolute Gasteiger partial charge is 0.480 e. The van der Waals surface area contributed by atoms with Gasteiger partial charge in [0, 0.05) is 5.56 Å². The van der Waals surface area contributed by atoms with E-state index in [1.54, 1.807) is 13.8 Å². The van der Waals surface area contributed by atoms with Gasteiger partial charge in [-0.15, -0.1) is 0 Å². The molecule has 1 aromatic carbocycles. The summed E-state index contributed by atoms with van der Waals surface area (Å²) in [5, 5.41) is 11.3. The molecule has 0 heterocycles. The van der Waals surface area contributed by atoms with Crippen LogP contribution < -0.4 is 11.1 Å². The van der Waals surface area contributed by atoms with Gasteiger partial charge in [0.2, 0.25) is 5.91 Å². The number of aliphatic carboxylic acids is 1. The van der Waals surface area contributed by atoms with Crippen molar-refractivity contribution in [3.63, 3.8) is 0 Å². The van der Waals surface area contributed by atoms with Crippen LogP contribution in [0.3, 0.4) is 0 Å². The van der Waals surface area contributed by atoms with Crippen molar-refractivity contribution in [2.24, 2.45) is 5.73 Å². The van der Waals surface area contributed by atoms with Crippen molar-refractivity contribution in [1.29, 1.82) is 0 Å². The van der Waals surface area contributed by atoms with E-state index in [2.05, 4.69) is 5.32 Å². The lowest BCUT2D eigenvalue weighted by molar-refractivity contribution is -0.140. The van der Waals surface area contributed by atoms with Gasteiger partial charge in [-0.05, 0) is 31.9 Å². The van der Waals surface area contributed by atoms with E-state index in [0.717, 1.165) is 16.7 Å². The molecule has 0 aliphatic carbocycles. The Bertz CT molecular complexity index is 543. The van der Waals surface area contributed by atoms with Crippen molar-refractivity contribution < 1.29 is 19.5 Å². The lowest BCUT2D eigenvalue weighted by Gasteiger charge is -2.16. The van der Waals surface area contributed by atoms with Gasteiger partial charge in [-0.2, -0.15) is 0 Å². The number of hydrogen-bond acceptors (Lipinski definition) is 3. The maximum absolute atomic E-state index is 12.2. The van der Waals surface area contributed by atoms with Crippen LogP contribution in [0, 0.1) is 20.8 Å². The van der Waals surface area contributed by atoms with Gasteiger partial charge in [0.1, 0.15) is 6.04 Å². The highest BCUT2D eigenvalue weighted by atomic mass is 16.4. The fourth-order valence-corrected chi connectivity index (χ4v) is 2.17. The Morgan fingerprint density at radius 1 is 1.20 bits per heavy atom. The predicted octanol–water partition coefficient (Wildman–Crippen LogP) is 0.670. The maximum Gasteiger partial charge on any atom is 0.326 e. The van der Waals surface area contributed by atoms with Crippen LogP contribution in [0.25, 0.3) is 0 Å². The van der Waals surface area contributed by atoms with Crippen molar-refractivity contribution in [1.82, 2.24) is 5.32 Å². The van der Waals surface area contributed by atoms with E-state index in [1.807, 2.05) is 19.1 Å². The summed E-state index contributed by atoms with van der Waals surface area (Å²) in [6.45, 7) is 5.46. The van der Waals surface area contributed by atoms with E-state index in [-0.39, 0.29) is 0 Å². The molecule has 1 aromatic rings. The molecule has 0 saturated heterocycles. The number of carbonyl (C=O) groups excluding carboxylic acids is 2. The molecule has 4 N–H and O–H groups in total. The van der Waals surface area contributed by atoms with Gasteiger partial charge in [-0.1, -0.05) is 17.7 Å². The molecule has 2 amide bonds. The second-order valence-electron chi connectivity index (χ2n) is 4.81. The molecule has 1 atom stereocenters. The van der Waals surface area contributed by atoms with E-state index < -0.39 is 30.2 Å². The van der Waals surface area contributed by atoms with Crippen molar-refractivity contribution in [2.45, 2.75) is 33.2 Å². The van der Waals surface area contributed by atoms with Gasteiger partial charge in [0.25, 0.3) is 5.91 Å². The van der Waals surface area contributed by atoms with Gasteiger partial charge >= 0.3 is 5.97 Å². The van der Waals surface area contributed by atoms with Gasteiger partial charge < -0.3 is 16.2 Å². The molecular weight excluding hydrogens is 260 g/mol. The van der Waals surface area contributed by atoms with Gasteiger partial charge in [-0.3, -0.25) is 9.59 Å². The Kier molecular flexibility index (Phi) is 4.85. The number of rotatable bonds is 5. The van der Waals surface area contributed by atoms with Crippen molar-refractivity contribution in [2.75, 3.05) is 0 Å². The molecule has 108 valence electrons. The molecule has 0 aliphatic heterocycles. The van der Waals surface area contributed by atoms with Crippen LogP contribution in [0.1, 0.15) is 33.5 Å². The number of primary amides is 1. The SMILES string of the molecule is Cc1cc(C)c(C(=O)NC(CC(N)=O)C(=O)O)c(C)c1. The normalized spacial score (nSPS) is 11.8. The van der Waals surface area contributed by atoms with E-state index >= 15 is 0 Å². The lowest BCUT2D eigenvalue weighted by atomic mass is 9.99. The monoisotopic (exact) mass is 278 g/mol. The van der Waals surface area contributed by atoms with Crippen LogP contribution in [0.4, 0.5) is 0 Å².